The summed E-state index contributed by atoms with van der Waals surface area (Å²) in [6, 6.07) is 11.2. The standard InChI is InChI=1S/C17H15ClN4O/c18-15-4-2-1-3-14(15)9-17(23)21-11-13-5-6-16(20-10-13)22-8-7-19-12-22/h1-8,10,12H,9,11H2,(H,21,23). The van der Waals surface area contributed by atoms with Crippen LogP contribution in [0.15, 0.2) is 61.3 Å². The van der Waals surface area contributed by atoms with Crippen LogP contribution >= 0.6 is 11.6 Å². The van der Waals surface area contributed by atoms with Crippen LogP contribution in [-0.2, 0) is 17.8 Å². The molecule has 6 heteroatoms. The summed E-state index contributed by atoms with van der Waals surface area (Å²) in [7, 11) is 0. The van der Waals surface area contributed by atoms with Crippen LogP contribution in [0.2, 0.25) is 5.02 Å². The van der Waals surface area contributed by atoms with E-state index in [1.165, 1.54) is 0 Å². The summed E-state index contributed by atoms with van der Waals surface area (Å²) in [5.41, 5.74) is 1.75. The number of pyridine rings is 1. The van der Waals surface area contributed by atoms with Gasteiger partial charge in [0.1, 0.15) is 12.1 Å². The second-order valence-corrected chi connectivity index (χ2v) is 5.45. The number of hydrogen-bond acceptors (Lipinski definition) is 3. The van der Waals surface area contributed by atoms with Crippen molar-refractivity contribution >= 4 is 17.5 Å². The molecule has 0 aliphatic carbocycles. The molecule has 0 unspecified atom stereocenters. The summed E-state index contributed by atoms with van der Waals surface area (Å²) in [5.74, 6) is 0.713. The van der Waals surface area contributed by atoms with Gasteiger partial charge in [0, 0.05) is 30.2 Å². The number of amides is 1. The van der Waals surface area contributed by atoms with Crippen LogP contribution in [0.4, 0.5) is 0 Å². The van der Waals surface area contributed by atoms with Crippen molar-refractivity contribution < 1.29 is 4.79 Å². The number of carbonyl (C=O) groups is 1. The third kappa shape index (κ3) is 3.96. The summed E-state index contributed by atoms with van der Waals surface area (Å²) in [6.45, 7) is 0.431. The number of aromatic nitrogens is 3. The minimum Gasteiger partial charge on any atom is -0.352 e. The van der Waals surface area contributed by atoms with E-state index >= 15 is 0 Å². The highest BCUT2D eigenvalue weighted by atomic mass is 35.5. The Hall–Kier alpha value is -2.66. The molecule has 0 saturated heterocycles. The summed E-state index contributed by atoms with van der Waals surface area (Å²) >= 11 is 6.05. The van der Waals surface area contributed by atoms with Crippen molar-refractivity contribution in [1.82, 2.24) is 19.9 Å². The Bertz CT molecular complexity index is 785. The Morgan fingerprint density at radius 3 is 2.78 bits per heavy atom. The second kappa shape index (κ2) is 7.07. The fourth-order valence-corrected chi connectivity index (χ4v) is 2.35. The molecule has 0 fully saturated rings. The highest BCUT2D eigenvalue weighted by Crippen LogP contribution is 2.15. The third-order valence-electron chi connectivity index (χ3n) is 3.38. The van der Waals surface area contributed by atoms with Crippen molar-refractivity contribution in [1.29, 1.82) is 0 Å². The molecule has 0 saturated carbocycles. The van der Waals surface area contributed by atoms with Gasteiger partial charge >= 0.3 is 0 Å². The zero-order valence-corrected chi connectivity index (χ0v) is 13.1. The molecule has 0 radical (unpaired) electrons. The number of benzene rings is 1. The molecular formula is C17H15ClN4O. The number of imidazole rings is 1. The lowest BCUT2D eigenvalue weighted by Gasteiger charge is -2.07. The minimum absolute atomic E-state index is 0.0724. The average molecular weight is 327 g/mol. The van der Waals surface area contributed by atoms with Crippen LogP contribution in [-0.4, -0.2) is 20.4 Å². The highest BCUT2D eigenvalue weighted by molar-refractivity contribution is 6.31. The predicted octanol–water partition coefficient (Wildman–Crippen LogP) is 2.78. The smallest absolute Gasteiger partial charge is 0.224 e. The van der Waals surface area contributed by atoms with Gasteiger partial charge in [-0.15, -0.1) is 0 Å². The predicted molar refractivity (Wildman–Crippen MR) is 88.4 cm³/mol. The Morgan fingerprint density at radius 1 is 1.22 bits per heavy atom. The normalized spacial score (nSPS) is 10.5. The van der Waals surface area contributed by atoms with Gasteiger partial charge in [-0.25, -0.2) is 9.97 Å². The van der Waals surface area contributed by atoms with E-state index in [0.29, 0.717) is 11.6 Å². The molecule has 1 amide bonds. The van der Waals surface area contributed by atoms with Crippen molar-refractivity contribution in [2.75, 3.05) is 0 Å². The van der Waals surface area contributed by atoms with Gasteiger partial charge in [0.15, 0.2) is 0 Å². The van der Waals surface area contributed by atoms with Crippen LogP contribution in [0.5, 0.6) is 0 Å². The quantitative estimate of drug-likeness (QED) is 0.784. The Morgan fingerprint density at radius 2 is 2.09 bits per heavy atom. The average Bonchev–Trinajstić information content (AvgIpc) is 3.10. The van der Waals surface area contributed by atoms with E-state index in [-0.39, 0.29) is 12.3 Å². The molecule has 3 rings (SSSR count). The summed E-state index contributed by atoms with van der Waals surface area (Å²) in [6.07, 6.45) is 7.22. The number of halogens is 1. The lowest BCUT2D eigenvalue weighted by atomic mass is 10.1. The minimum atomic E-state index is -0.0724. The Balaban J connectivity index is 1.56. The number of nitrogens with zero attached hydrogens (tertiary/aromatic N) is 3. The zero-order valence-electron chi connectivity index (χ0n) is 12.3. The monoisotopic (exact) mass is 326 g/mol. The molecule has 3 aromatic rings. The van der Waals surface area contributed by atoms with Gasteiger partial charge < -0.3 is 5.32 Å². The summed E-state index contributed by atoms with van der Waals surface area (Å²) < 4.78 is 1.82. The molecule has 0 spiro atoms. The van der Waals surface area contributed by atoms with Gasteiger partial charge in [-0.1, -0.05) is 35.9 Å². The molecule has 2 heterocycles. The molecule has 2 aromatic heterocycles. The molecule has 23 heavy (non-hydrogen) atoms. The van der Waals surface area contributed by atoms with Crippen molar-refractivity contribution in [3.8, 4) is 5.82 Å². The van der Waals surface area contributed by atoms with Crippen LogP contribution < -0.4 is 5.32 Å². The van der Waals surface area contributed by atoms with Crippen molar-refractivity contribution in [3.63, 3.8) is 0 Å². The molecule has 0 aliphatic heterocycles. The zero-order chi connectivity index (χ0) is 16.1. The number of carbonyl (C=O) groups excluding carboxylic acids is 1. The molecule has 5 nitrogen and oxygen atoms in total. The third-order valence-corrected chi connectivity index (χ3v) is 3.75. The maximum absolute atomic E-state index is 12.0. The SMILES string of the molecule is O=C(Cc1ccccc1Cl)NCc1ccc(-n2ccnc2)nc1. The van der Waals surface area contributed by atoms with Gasteiger partial charge in [-0.2, -0.15) is 0 Å². The highest BCUT2D eigenvalue weighted by Gasteiger charge is 2.06. The number of nitrogens with one attached hydrogen (secondary N) is 1. The van der Waals surface area contributed by atoms with E-state index < -0.39 is 0 Å². The maximum atomic E-state index is 12.0. The topological polar surface area (TPSA) is 59.8 Å². The van der Waals surface area contributed by atoms with Gasteiger partial charge in [0.25, 0.3) is 0 Å². The van der Waals surface area contributed by atoms with Gasteiger partial charge in [0.2, 0.25) is 5.91 Å². The summed E-state index contributed by atoms with van der Waals surface area (Å²) in [5, 5.41) is 3.48. The van der Waals surface area contributed by atoms with E-state index in [9.17, 15) is 4.79 Å². The lowest BCUT2D eigenvalue weighted by molar-refractivity contribution is -0.120. The Labute approximate surface area is 139 Å². The van der Waals surface area contributed by atoms with E-state index in [4.69, 9.17) is 11.6 Å². The van der Waals surface area contributed by atoms with E-state index in [1.54, 1.807) is 24.8 Å². The van der Waals surface area contributed by atoms with Crippen molar-refractivity contribution in [3.05, 3.63) is 77.5 Å². The summed E-state index contributed by atoms with van der Waals surface area (Å²) in [4.78, 5) is 20.3. The molecule has 1 aromatic carbocycles. The van der Waals surface area contributed by atoms with Gasteiger partial charge in [-0.05, 0) is 23.3 Å². The number of rotatable bonds is 5. The maximum Gasteiger partial charge on any atom is 0.224 e. The molecule has 0 atom stereocenters. The molecule has 0 aliphatic rings. The van der Waals surface area contributed by atoms with Crippen LogP contribution in [0.25, 0.3) is 5.82 Å². The van der Waals surface area contributed by atoms with E-state index in [2.05, 4.69) is 15.3 Å². The van der Waals surface area contributed by atoms with Gasteiger partial charge in [0.05, 0.1) is 6.42 Å². The second-order valence-electron chi connectivity index (χ2n) is 5.04. The number of hydrogen-bond donors (Lipinski definition) is 1. The molecule has 116 valence electrons. The molecular weight excluding hydrogens is 312 g/mol. The Kier molecular flexibility index (Phi) is 4.68. The van der Waals surface area contributed by atoms with Crippen LogP contribution in [0.1, 0.15) is 11.1 Å². The van der Waals surface area contributed by atoms with E-state index in [0.717, 1.165) is 16.9 Å². The van der Waals surface area contributed by atoms with Gasteiger partial charge in [-0.3, -0.25) is 9.36 Å². The van der Waals surface area contributed by atoms with Crippen LogP contribution in [0.3, 0.4) is 0 Å². The van der Waals surface area contributed by atoms with Crippen molar-refractivity contribution in [2.45, 2.75) is 13.0 Å². The fourth-order valence-electron chi connectivity index (χ4n) is 2.15. The first kappa shape index (κ1) is 15.2. The lowest BCUT2D eigenvalue weighted by Crippen LogP contribution is -2.24. The van der Waals surface area contributed by atoms with Crippen LogP contribution in [0, 0.1) is 0 Å². The largest absolute Gasteiger partial charge is 0.352 e. The first-order chi connectivity index (χ1) is 11.2. The first-order valence-corrected chi connectivity index (χ1v) is 7.53. The van der Waals surface area contributed by atoms with E-state index in [1.807, 2.05) is 41.1 Å². The molecule has 0 bridgehead atoms. The first-order valence-electron chi connectivity index (χ1n) is 7.16. The fraction of sp³-hybridized carbons (Fsp3) is 0.118. The molecule has 1 N–H and O–H groups in total. The van der Waals surface area contributed by atoms with Crippen molar-refractivity contribution in [2.24, 2.45) is 0 Å².